The molecule has 0 aliphatic carbocycles. The fraction of sp³-hybridized carbons (Fsp3) is 0.500. The molecule has 0 aliphatic rings. The average Bonchev–Trinajstić information content (AvgIpc) is 2.27. The molecule has 1 aromatic rings. The number of nitrogen functional groups attached to an aromatic ring is 1. The molecule has 1 unspecified atom stereocenters. The van der Waals surface area contributed by atoms with Crippen LogP contribution in [-0.2, 0) is 14.8 Å². The Labute approximate surface area is 109 Å². The molecule has 0 bridgehead atoms. The van der Waals surface area contributed by atoms with Crippen molar-refractivity contribution >= 4 is 15.7 Å². The third kappa shape index (κ3) is 3.22. The summed E-state index contributed by atoms with van der Waals surface area (Å²) in [5.74, 6) is 0. The van der Waals surface area contributed by atoms with Gasteiger partial charge in [0.25, 0.3) is 0 Å². The van der Waals surface area contributed by atoms with E-state index in [4.69, 9.17) is 10.5 Å². The van der Waals surface area contributed by atoms with Crippen LogP contribution in [0, 0.1) is 6.92 Å². The molecule has 0 heterocycles. The van der Waals surface area contributed by atoms with E-state index in [1.54, 1.807) is 26.2 Å². The number of anilines is 1. The van der Waals surface area contributed by atoms with Gasteiger partial charge in [0.05, 0.1) is 11.5 Å². The van der Waals surface area contributed by atoms with Crippen molar-refractivity contribution in [1.29, 1.82) is 0 Å². The molecule has 6 heteroatoms. The number of nitrogens with zero attached hydrogens (tertiary/aromatic N) is 1. The molecule has 1 aromatic carbocycles. The molecule has 0 aliphatic heterocycles. The lowest BCUT2D eigenvalue weighted by Crippen LogP contribution is -2.37. The van der Waals surface area contributed by atoms with E-state index in [9.17, 15) is 8.42 Å². The molecule has 2 N–H and O–H groups in total. The predicted octanol–water partition coefficient (Wildman–Crippen LogP) is 1.23. The zero-order chi connectivity index (χ0) is 13.9. The minimum absolute atomic E-state index is 0.213. The minimum atomic E-state index is -3.53. The van der Waals surface area contributed by atoms with E-state index in [0.29, 0.717) is 12.3 Å². The summed E-state index contributed by atoms with van der Waals surface area (Å²) in [6.45, 7) is 3.95. The zero-order valence-corrected chi connectivity index (χ0v) is 12.0. The first-order chi connectivity index (χ1) is 8.28. The molecule has 1 atom stereocenters. The second-order valence-corrected chi connectivity index (χ2v) is 6.40. The normalized spacial score (nSPS) is 13.8. The molecular weight excluding hydrogens is 252 g/mol. The van der Waals surface area contributed by atoms with Crippen LogP contribution in [-0.4, -0.2) is 39.5 Å². The van der Waals surface area contributed by atoms with Crippen LogP contribution in [0.4, 0.5) is 5.69 Å². The monoisotopic (exact) mass is 272 g/mol. The van der Waals surface area contributed by atoms with Crippen LogP contribution in [0.25, 0.3) is 0 Å². The summed E-state index contributed by atoms with van der Waals surface area (Å²) in [5.41, 5.74) is 6.95. The van der Waals surface area contributed by atoms with Crippen LogP contribution in [0.3, 0.4) is 0 Å². The van der Waals surface area contributed by atoms with Gasteiger partial charge in [-0.05, 0) is 37.6 Å². The summed E-state index contributed by atoms with van der Waals surface area (Å²) in [7, 11) is -0.450. The van der Waals surface area contributed by atoms with Crippen molar-refractivity contribution in [2.24, 2.45) is 0 Å². The van der Waals surface area contributed by atoms with E-state index in [0.717, 1.165) is 5.56 Å². The van der Waals surface area contributed by atoms with E-state index in [2.05, 4.69) is 0 Å². The van der Waals surface area contributed by atoms with Crippen molar-refractivity contribution in [3.8, 4) is 0 Å². The van der Waals surface area contributed by atoms with Crippen LogP contribution in [0.15, 0.2) is 23.1 Å². The summed E-state index contributed by atoms with van der Waals surface area (Å²) < 4.78 is 31.0. The molecule has 0 saturated carbocycles. The van der Waals surface area contributed by atoms with Crippen molar-refractivity contribution in [3.05, 3.63) is 23.8 Å². The maximum Gasteiger partial charge on any atom is 0.243 e. The number of sulfonamides is 1. The highest BCUT2D eigenvalue weighted by Gasteiger charge is 2.25. The first kappa shape index (κ1) is 14.9. The highest BCUT2D eigenvalue weighted by atomic mass is 32.2. The Morgan fingerprint density at radius 1 is 1.39 bits per heavy atom. The average molecular weight is 272 g/mol. The van der Waals surface area contributed by atoms with Crippen molar-refractivity contribution in [2.45, 2.75) is 24.8 Å². The molecule has 1 rings (SSSR count). The fourth-order valence-electron chi connectivity index (χ4n) is 1.67. The topological polar surface area (TPSA) is 72.6 Å². The first-order valence-corrected chi connectivity index (χ1v) is 7.07. The summed E-state index contributed by atoms with van der Waals surface area (Å²) in [5, 5.41) is 0. The SMILES string of the molecule is COCC(C)N(C)S(=O)(=O)c1cc(C)cc(N)c1. The minimum Gasteiger partial charge on any atom is -0.399 e. The van der Waals surface area contributed by atoms with Crippen molar-refractivity contribution in [1.82, 2.24) is 4.31 Å². The number of nitrogens with two attached hydrogens (primary N) is 1. The summed E-state index contributed by atoms with van der Waals surface area (Å²) in [6.07, 6.45) is 0. The molecule has 0 saturated heterocycles. The third-order valence-corrected chi connectivity index (χ3v) is 4.73. The number of hydrogen-bond donors (Lipinski definition) is 1. The van der Waals surface area contributed by atoms with Crippen molar-refractivity contribution < 1.29 is 13.2 Å². The predicted molar refractivity (Wildman–Crippen MR) is 71.9 cm³/mol. The first-order valence-electron chi connectivity index (χ1n) is 5.63. The van der Waals surface area contributed by atoms with Gasteiger partial charge in [-0.2, -0.15) is 4.31 Å². The summed E-state index contributed by atoms with van der Waals surface area (Å²) in [4.78, 5) is 0.213. The lowest BCUT2D eigenvalue weighted by atomic mass is 10.2. The Bertz CT molecular complexity index is 494. The number of rotatable bonds is 5. The van der Waals surface area contributed by atoms with Crippen LogP contribution in [0.1, 0.15) is 12.5 Å². The number of ether oxygens (including phenoxy) is 1. The van der Waals surface area contributed by atoms with Crippen molar-refractivity contribution in [2.75, 3.05) is 26.5 Å². The van der Waals surface area contributed by atoms with Gasteiger partial charge in [-0.15, -0.1) is 0 Å². The van der Waals surface area contributed by atoms with Crippen LogP contribution in [0.5, 0.6) is 0 Å². The smallest absolute Gasteiger partial charge is 0.243 e. The second-order valence-electron chi connectivity index (χ2n) is 4.41. The van der Waals surface area contributed by atoms with Crippen LogP contribution >= 0.6 is 0 Å². The summed E-state index contributed by atoms with van der Waals surface area (Å²) >= 11 is 0. The molecule has 5 nitrogen and oxygen atoms in total. The molecule has 18 heavy (non-hydrogen) atoms. The molecule has 0 aromatic heterocycles. The maximum atomic E-state index is 12.4. The van der Waals surface area contributed by atoms with Gasteiger partial charge in [-0.3, -0.25) is 0 Å². The van der Waals surface area contributed by atoms with E-state index < -0.39 is 10.0 Å². The molecule has 0 spiro atoms. The Kier molecular flexibility index (Phi) is 4.72. The highest BCUT2D eigenvalue weighted by Crippen LogP contribution is 2.20. The Morgan fingerprint density at radius 3 is 2.50 bits per heavy atom. The van der Waals surface area contributed by atoms with Gasteiger partial charge in [0, 0.05) is 25.9 Å². The van der Waals surface area contributed by atoms with Gasteiger partial charge in [-0.1, -0.05) is 0 Å². The van der Waals surface area contributed by atoms with E-state index in [1.165, 1.54) is 17.4 Å². The third-order valence-electron chi connectivity index (χ3n) is 2.78. The lowest BCUT2D eigenvalue weighted by molar-refractivity contribution is 0.149. The molecule has 0 amide bonds. The largest absolute Gasteiger partial charge is 0.399 e. The number of benzene rings is 1. The van der Waals surface area contributed by atoms with Crippen molar-refractivity contribution in [3.63, 3.8) is 0 Å². The van der Waals surface area contributed by atoms with Gasteiger partial charge in [0.15, 0.2) is 0 Å². The lowest BCUT2D eigenvalue weighted by Gasteiger charge is -2.24. The van der Waals surface area contributed by atoms with Gasteiger partial charge >= 0.3 is 0 Å². The van der Waals surface area contributed by atoms with E-state index in [1.807, 2.05) is 6.92 Å². The Morgan fingerprint density at radius 2 is 2.00 bits per heavy atom. The van der Waals surface area contributed by atoms with Gasteiger partial charge in [0.1, 0.15) is 0 Å². The number of hydrogen-bond acceptors (Lipinski definition) is 4. The second kappa shape index (κ2) is 5.69. The highest BCUT2D eigenvalue weighted by molar-refractivity contribution is 7.89. The van der Waals surface area contributed by atoms with Crippen LogP contribution < -0.4 is 5.73 Å². The number of likely N-dealkylation sites (N-methyl/N-ethyl adjacent to an activating group) is 1. The van der Waals surface area contributed by atoms with Gasteiger partial charge < -0.3 is 10.5 Å². The fourth-order valence-corrected chi connectivity index (χ4v) is 3.16. The van der Waals surface area contributed by atoms with Gasteiger partial charge in [0.2, 0.25) is 10.0 Å². The van der Waals surface area contributed by atoms with Gasteiger partial charge in [-0.25, -0.2) is 8.42 Å². The van der Waals surface area contributed by atoms with Crippen LogP contribution in [0.2, 0.25) is 0 Å². The van der Waals surface area contributed by atoms with E-state index >= 15 is 0 Å². The molecule has 0 fully saturated rings. The zero-order valence-electron chi connectivity index (χ0n) is 11.2. The number of aryl methyl sites for hydroxylation is 1. The molecule has 102 valence electrons. The quantitative estimate of drug-likeness (QED) is 0.818. The summed E-state index contributed by atoms with van der Waals surface area (Å²) in [6, 6.07) is 4.58. The van der Waals surface area contributed by atoms with E-state index in [-0.39, 0.29) is 10.9 Å². The molecule has 0 radical (unpaired) electrons. The molecular formula is C12H20N2O3S. The Balaban J connectivity index is 3.13. The Hall–Kier alpha value is -1.11. The standard InChI is InChI=1S/C12H20N2O3S/c1-9-5-11(13)7-12(6-9)18(15,16)14(3)10(2)8-17-4/h5-7,10H,8,13H2,1-4H3. The number of methoxy groups -OCH3 is 1. The maximum absolute atomic E-state index is 12.4.